The van der Waals surface area contributed by atoms with E-state index in [2.05, 4.69) is 25.0 Å². The van der Waals surface area contributed by atoms with E-state index in [-0.39, 0.29) is 6.10 Å². The smallest absolute Gasteiger partial charge is 0.0628 e. The Morgan fingerprint density at radius 2 is 2.27 bits per heavy atom. The number of aromatic nitrogens is 2. The highest BCUT2D eigenvalue weighted by Crippen LogP contribution is 2.53. The molecule has 1 aliphatic carbocycles. The van der Waals surface area contributed by atoms with Crippen molar-refractivity contribution >= 4 is 0 Å². The zero-order valence-electron chi connectivity index (χ0n) is 9.99. The molecule has 1 saturated carbocycles. The number of hydrogen-bond acceptors (Lipinski definition) is 2. The highest BCUT2D eigenvalue weighted by atomic mass is 16.3. The van der Waals surface area contributed by atoms with Crippen LogP contribution in [0.2, 0.25) is 0 Å². The minimum Gasteiger partial charge on any atom is -0.392 e. The van der Waals surface area contributed by atoms with E-state index in [4.69, 9.17) is 0 Å². The van der Waals surface area contributed by atoms with Crippen molar-refractivity contribution in [2.45, 2.75) is 39.7 Å². The van der Waals surface area contributed by atoms with Crippen LogP contribution in [-0.2, 0) is 13.5 Å². The summed E-state index contributed by atoms with van der Waals surface area (Å²) in [7, 11) is 1.94. The fraction of sp³-hybridized carbons (Fsp3) is 0.750. The second-order valence-electron chi connectivity index (χ2n) is 5.47. The van der Waals surface area contributed by atoms with Crippen molar-refractivity contribution in [1.82, 2.24) is 9.78 Å². The van der Waals surface area contributed by atoms with Gasteiger partial charge in [-0.25, -0.2) is 0 Å². The molecule has 84 valence electrons. The van der Waals surface area contributed by atoms with Crippen molar-refractivity contribution < 1.29 is 5.11 Å². The van der Waals surface area contributed by atoms with E-state index in [9.17, 15) is 5.11 Å². The molecule has 0 saturated heterocycles. The molecule has 2 unspecified atom stereocenters. The molecule has 3 heteroatoms. The Morgan fingerprint density at radius 1 is 1.67 bits per heavy atom. The molecular weight excluding hydrogens is 188 g/mol. The first-order valence-electron chi connectivity index (χ1n) is 5.58. The fourth-order valence-electron chi connectivity index (χ4n) is 2.38. The van der Waals surface area contributed by atoms with Gasteiger partial charge in [-0.1, -0.05) is 13.8 Å². The monoisotopic (exact) mass is 208 g/mol. The lowest BCUT2D eigenvalue weighted by molar-refractivity contribution is 0.134. The van der Waals surface area contributed by atoms with Gasteiger partial charge in [0.15, 0.2) is 0 Å². The van der Waals surface area contributed by atoms with Crippen LogP contribution in [0.25, 0.3) is 0 Å². The average molecular weight is 208 g/mol. The summed E-state index contributed by atoms with van der Waals surface area (Å²) < 4.78 is 1.87. The highest BCUT2D eigenvalue weighted by molar-refractivity contribution is 5.11. The Bertz CT molecular complexity index is 368. The van der Waals surface area contributed by atoms with Gasteiger partial charge in [0.25, 0.3) is 0 Å². The van der Waals surface area contributed by atoms with Crippen LogP contribution >= 0.6 is 0 Å². The van der Waals surface area contributed by atoms with Crippen molar-refractivity contribution in [3.8, 4) is 0 Å². The Labute approximate surface area is 91.1 Å². The minimum absolute atomic E-state index is 0.213. The summed E-state index contributed by atoms with van der Waals surface area (Å²) in [4.78, 5) is 0. The molecule has 0 radical (unpaired) electrons. The molecule has 0 aliphatic heterocycles. The third-order valence-electron chi connectivity index (χ3n) is 3.57. The summed E-state index contributed by atoms with van der Waals surface area (Å²) in [5.74, 6) is 0.465. The van der Waals surface area contributed by atoms with E-state index in [1.807, 2.05) is 18.7 Å². The number of aliphatic hydroxyl groups is 1. The van der Waals surface area contributed by atoms with E-state index in [0.717, 1.165) is 24.2 Å². The zero-order valence-corrected chi connectivity index (χ0v) is 9.99. The lowest BCUT2D eigenvalue weighted by atomic mass is 10.0. The van der Waals surface area contributed by atoms with Gasteiger partial charge in [0.2, 0.25) is 0 Å². The van der Waals surface area contributed by atoms with Gasteiger partial charge >= 0.3 is 0 Å². The van der Waals surface area contributed by atoms with Crippen LogP contribution in [-0.4, -0.2) is 21.0 Å². The number of aliphatic hydroxyl groups excluding tert-OH is 1. The third-order valence-corrected chi connectivity index (χ3v) is 3.57. The van der Waals surface area contributed by atoms with Crippen LogP contribution < -0.4 is 0 Å². The molecule has 0 bridgehead atoms. The molecule has 1 fully saturated rings. The molecule has 0 spiro atoms. The van der Waals surface area contributed by atoms with E-state index < -0.39 is 0 Å². The Morgan fingerprint density at radius 3 is 2.67 bits per heavy atom. The van der Waals surface area contributed by atoms with E-state index in [1.165, 1.54) is 0 Å². The van der Waals surface area contributed by atoms with Crippen LogP contribution in [0, 0.1) is 18.3 Å². The molecule has 2 atom stereocenters. The van der Waals surface area contributed by atoms with Gasteiger partial charge in [0.05, 0.1) is 11.8 Å². The fourth-order valence-corrected chi connectivity index (χ4v) is 2.38. The highest BCUT2D eigenvalue weighted by Gasteiger charge is 2.49. The molecule has 1 N–H and O–H groups in total. The molecule has 15 heavy (non-hydrogen) atoms. The number of aryl methyl sites for hydroxylation is 2. The van der Waals surface area contributed by atoms with Gasteiger partial charge in [0, 0.05) is 19.2 Å². The molecule has 1 aliphatic rings. The van der Waals surface area contributed by atoms with Gasteiger partial charge < -0.3 is 5.11 Å². The standard InChI is InChI=1S/C12H20N2O/c1-8-5-9(14(4)13-8)6-11(15)10-7-12(10,2)3/h5,10-11,15H,6-7H2,1-4H3. The first kappa shape index (κ1) is 10.7. The molecule has 0 amide bonds. The summed E-state index contributed by atoms with van der Waals surface area (Å²) in [6.07, 6.45) is 1.66. The van der Waals surface area contributed by atoms with Crippen LogP contribution in [0.5, 0.6) is 0 Å². The minimum atomic E-state index is -0.213. The topological polar surface area (TPSA) is 38.0 Å². The van der Waals surface area contributed by atoms with Crippen LogP contribution in [0.15, 0.2) is 6.07 Å². The molecule has 1 heterocycles. The molecule has 3 nitrogen and oxygen atoms in total. The number of nitrogens with zero attached hydrogens (tertiary/aromatic N) is 2. The lowest BCUT2D eigenvalue weighted by Gasteiger charge is -2.12. The molecule has 1 aromatic heterocycles. The van der Waals surface area contributed by atoms with E-state index >= 15 is 0 Å². The van der Waals surface area contributed by atoms with Crippen molar-refractivity contribution in [2.75, 3.05) is 0 Å². The van der Waals surface area contributed by atoms with Crippen LogP contribution in [0.1, 0.15) is 31.7 Å². The van der Waals surface area contributed by atoms with Crippen molar-refractivity contribution in [3.63, 3.8) is 0 Å². The maximum Gasteiger partial charge on any atom is 0.0628 e. The van der Waals surface area contributed by atoms with Crippen molar-refractivity contribution in [2.24, 2.45) is 18.4 Å². The summed E-state index contributed by atoms with van der Waals surface area (Å²) >= 11 is 0. The second-order valence-corrected chi connectivity index (χ2v) is 5.47. The third kappa shape index (κ3) is 2.07. The summed E-state index contributed by atoms with van der Waals surface area (Å²) in [5.41, 5.74) is 2.49. The van der Waals surface area contributed by atoms with Gasteiger partial charge in [-0.2, -0.15) is 5.10 Å². The molecule has 1 aromatic rings. The second kappa shape index (κ2) is 3.34. The summed E-state index contributed by atoms with van der Waals surface area (Å²) in [6.45, 7) is 6.42. The SMILES string of the molecule is Cc1cc(CC(O)C2CC2(C)C)n(C)n1. The molecule has 2 rings (SSSR count). The van der Waals surface area contributed by atoms with Gasteiger partial charge in [-0.3, -0.25) is 4.68 Å². The quantitative estimate of drug-likeness (QED) is 0.820. The molecular formula is C12H20N2O. The van der Waals surface area contributed by atoms with Crippen molar-refractivity contribution in [3.05, 3.63) is 17.5 Å². The summed E-state index contributed by atoms with van der Waals surface area (Å²) in [6, 6.07) is 2.05. The van der Waals surface area contributed by atoms with Gasteiger partial charge in [-0.05, 0) is 30.7 Å². The predicted octanol–water partition coefficient (Wildman–Crippen LogP) is 1.68. The zero-order chi connectivity index (χ0) is 11.2. The summed E-state index contributed by atoms with van der Waals surface area (Å²) in [5, 5.41) is 14.4. The first-order chi connectivity index (χ1) is 6.90. The van der Waals surface area contributed by atoms with Gasteiger partial charge in [-0.15, -0.1) is 0 Å². The number of rotatable bonds is 3. The Hall–Kier alpha value is -0.830. The van der Waals surface area contributed by atoms with E-state index in [0.29, 0.717) is 11.3 Å². The van der Waals surface area contributed by atoms with E-state index in [1.54, 1.807) is 0 Å². The number of hydrogen-bond donors (Lipinski definition) is 1. The average Bonchev–Trinajstić information content (AvgIpc) is 2.62. The first-order valence-corrected chi connectivity index (χ1v) is 5.58. The maximum absolute atomic E-state index is 10.1. The molecule has 0 aromatic carbocycles. The maximum atomic E-state index is 10.1. The van der Waals surface area contributed by atoms with Gasteiger partial charge in [0.1, 0.15) is 0 Å². The lowest BCUT2D eigenvalue weighted by Crippen LogP contribution is -2.18. The Balaban J connectivity index is 2.00. The largest absolute Gasteiger partial charge is 0.392 e. The normalized spacial score (nSPS) is 25.3. The predicted molar refractivity (Wildman–Crippen MR) is 59.5 cm³/mol. The van der Waals surface area contributed by atoms with Crippen LogP contribution in [0.3, 0.4) is 0 Å². The Kier molecular flexibility index (Phi) is 2.38. The van der Waals surface area contributed by atoms with Crippen molar-refractivity contribution in [1.29, 1.82) is 0 Å². The van der Waals surface area contributed by atoms with Crippen LogP contribution in [0.4, 0.5) is 0 Å².